The number of aliphatic hydroxyl groups excluding tert-OH is 1. The van der Waals surface area contributed by atoms with Gasteiger partial charge in [0.2, 0.25) is 0 Å². The highest BCUT2D eigenvalue weighted by Crippen LogP contribution is 2.36. The first-order chi connectivity index (χ1) is 10.5. The molecule has 0 aliphatic rings. The zero-order chi connectivity index (χ0) is 16.7. The molecule has 1 aromatic rings. The number of ether oxygens (including phenoxy) is 4. The van der Waals surface area contributed by atoms with Gasteiger partial charge in [0.1, 0.15) is 6.61 Å². The van der Waals surface area contributed by atoms with E-state index in [9.17, 15) is 14.7 Å². The Morgan fingerprint density at radius 2 is 1.86 bits per heavy atom. The Kier molecular flexibility index (Phi) is 6.65. The number of carbonyl (C=O) groups is 2. The van der Waals surface area contributed by atoms with Crippen molar-refractivity contribution in [1.82, 2.24) is 0 Å². The second-order valence-corrected chi connectivity index (χ2v) is 4.30. The molecular weight excluding hydrogens is 292 g/mol. The largest absolute Gasteiger partial charge is 0.493 e. The van der Waals surface area contributed by atoms with Crippen LogP contribution in [0.15, 0.2) is 12.1 Å². The van der Waals surface area contributed by atoms with E-state index in [4.69, 9.17) is 18.9 Å². The third kappa shape index (κ3) is 4.11. The second kappa shape index (κ2) is 8.23. The third-order valence-electron chi connectivity index (χ3n) is 2.91. The van der Waals surface area contributed by atoms with Crippen LogP contribution in [0.1, 0.15) is 31.1 Å². The number of hydrogen-bond acceptors (Lipinski definition) is 7. The number of methoxy groups -OCH3 is 2. The van der Waals surface area contributed by atoms with Gasteiger partial charge < -0.3 is 24.1 Å². The van der Waals surface area contributed by atoms with Crippen molar-refractivity contribution >= 4 is 11.9 Å². The zero-order valence-corrected chi connectivity index (χ0v) is 13.0. The first-order valence-electron chi connectivity index (χ1n) is 6.68. The molecule has 7 nitrogen and oxygen atoms in total. The summed E-state index contributed by atoms with van der Waals surface area (Å²) in [6.07, 6.45) is -1.51. The van der Waals surface area contributed by atoms with Gasteiger partial charge in [0, 0.05) is 18.1 Å². The van der Waals surface area contributed by atoms with Gasteiger partial charge in [0.25, 0.3) is 0 Å². The fourth-order valence-corrected chi connectivity index (χ4v) is 1.93. The van der Waals surface area contributed by atoms with E-state index in [1.165, 1.54) is 27.2 Å². The molecule has 1 aromatic carbocycles. The molecule has 0 aliphatic heterocycles. The van der Waals surface area contributed by atoms with Crippen LogP contribution in [0.3, 0.4) is 0 Å². The Bertz CT molecular complexity index is 539. The van der Waals surface area contributed by atoms with Crippen LogP contribution in [0.2, 0.25) is 0 Å². The van der Waals surface area contributed by atoms with Gasteiger partial charge in [-0.1, -0.05) is 6.07 Å². The maximum absolute atomic E-state index is 11.7. The molecule has 122 valence electrons. The van der Waals surface area contributed by atoms with Gasteiger partial charge in [-0.15, -0.1) is 0 Å². The molecule has 0 radical (unpaired) electrons. The highest BCUT2D eigenvalue weighted by Gasteiger charge is 2.26. The van der Waals surface area contributed by atoms with Crippen LogP contribution in [0, 0.1) is 0 Å². The van der Waals surface area contributed by atoms with Gasteiger partial charge in [-0.25, -0.2) is 4.79 Å². The minimum atomic E-state index is -1.51. The summed E-state index contributed by atoms with van der Waals surface area (Å²) in [5, 5.41) is 10.1. The predicted octanol–water partition coefficient (Wildman–Crippen LogP) is 1.36. The summed E-state index contributed by atoms with van der Waals surface area (Å²) in [6, 6.07) is 3.05. The number of carbonyl (C=O) groups excluding carboxylic acids is 2. The number of benzene rings is 1. The van der Waals surface area contributed by atoms with E-state index in [2.05, 4.69) is 0 Å². The van der Waals surface area contributed by atoms with Crippen molar-refractivity contribution in [1.29, 1.82) is 0 Å². The second-order valence-electron chi connectivity index (χ2n) is 4.30. The lowest BCUT2D eigenvalue weighted by molar-refractivity contribution is -0.153. The number of esters is 2. The van der Waals surface area contributed by atoms with Crippen molar-refractivity contribution < 1.29 is 33.6 Å². The standard InChI is InChI=1S/C15H20O7/c1-5-21-15(18)13(17)10-6-7-12(19-3)14(20-4)11(10)8-22-9(2)16/h6-7,13,17H,5,8H2,1-4H3. The maximum Gasteiger partial charge on any atom is 0.339 e. The molecule has 0 saturated carbocycles. The summed E-state index contributed by atoms with van der Waals surface area (Å²) >= 11 is 0. The lowest BCUT2D eigenvalue weighted by Gasteiger charge is -2.19. The van der Waals surface area contributed by atoms with E-state index in [1.54, 1.807) is 13.0 Å². The van der Waals surface area contributed by atoms with E-state index < -0.39 is 18.0 Å². The SMILES string of the molecule is CCOC(=O)C(O)c1ccc(OC)c(OC)c1COC(C)=O. The van der Waals surface area contributed by atoms with Crippen LogP contribution >= 0.6 is 0 Å². The van der Waals surface area contributed by atoms with Gasteiger partial charge in [-0.2, -0.15) is 0 Å². The lowest BCUT2D eigenvalue weighted by atomic mass is 10.0. The minimum absolute atomic E-state index is 0.141. The molecule has 0 aromatic heterocycles. The number of aliphatic hydroxyl groups is 1. The first-order valence-corrected chi connectivity index (χ1v) is 6.68. The van der Waals surface area contributed by atoms with Gasteiger partial charge in [-0.3, -0.25) is 4.79 Å². The van der Waals surface area contributed by atoms with E-state index in [0.29, 0.717) is 11.3 Å². The van der Waals surface area contributed by atoms with Crippen LogP contribution < -0.4 is 9.47 Å². The molecular formula is C15H20O7. The topological polar surface area (TPSA) is 91.3 Å². The average Bonchev–Trinajstić information content (AvgIpc) is 2.51. The highest BCUT2D eigenvalue weighted by molar-refractivity contribution is 5.77. The summed E-state index contributed by atoms with van der Waals surface area (Å²) in [7, 11) is 2.87. The van der Waals surface area contributed by atoms with Gasteiger partial charge in [0.15, 0.2) is 17.6 Å². The van der Waals surface area contributed by atoms with Crippen molar-refractivity contribution in [3.8, 4) is 11.5 Å². The molecule has 1 atom stereocenters. The number of hydrogen-bond donors (Lipinski definition) is 1. The lowest BCUT2D eigenvalue weighted by Crippen LogP contribution is -2.18. The Balaban J connectivity index is 3.29. The van der Waals surface area contributed by atoms with Crippen LogP contribution in [-0.2, 0) is 25.7 Å². The molecule has 0 heterocycles. The summed E-state index contributed by atoms with van der Waals surface area (Å²) < 4.78 is 20.2. The Morgan fingerprint density at radius 3 is 2.36 bits per heavy atom. The predicted molar refractivity (Wildman–Crippen MR) is 76.6 cm³/mol. The van der Waals surface area contributed by atoms with Crippen molar-refractivity contribution in [3.63, 3.8) is 0 Å². The van der Waals surface area contributed by atoms with Gasteiger partial charge in [0.05, 0.1) is 20.8 Å². The normalized spacial score (nSPS) is 11.5. The van der Waals surface area contributed by atoms with Gasteiger partial charge in [-0.05, 0) is 13.0 Å². The molecule has 22 heavy (non-hydrogen) atoms. The summed E-state index contributed by atoms with van der Waals surface area (Å²) in [5.41, 5.74) is 0.579. The summed E-state index contributed by atoms with van der Waals surface area (Å²) in [4.78, 5) is 22.8. The average molecular weight is 312 g/mol. The fourth-order valence-electron chi connectivity index (χ4n) is 1.93. The zero-order valence-electron chi connectivity index (χ0n) is 13.0. The van der Waals surface area contributed by atoms with Crippen molar-refractivity contribution in [2.45, 2.75) is 26.6 Å². The fraction of sp³-hybridized carbons (Fsp3) is 0.467. The van der Waals surface area contributed by atoms with Crippen molar-refractivity contribution in [2.24, 2.45) is 0 Å². The molecule has 1 unspecified atom stereocenters. The Hall–Kier alpha value is -2.28. The molecule has 0 saturated heterocycles. The van der Waals surface area contributed by atoms with Crippen molar-refractivity contribution in [3.05, 3.63) is 23.3 Å². The summed E-state index contributed by atoms with van der Waals surface area (Å²) in [6.45, 7) is 2.87. The first kappa shape index (κ1) is 17.8. The quantitative estimate of drug-likeness (QED) is 0.760. The molecule has 0 fully saturated rings. The third-order valence-corrected chi connectivity index (χ3v) is 2.91. The van der Waals surface area contributed by atoms with E-state index in [1.807, 2.05) is 0 Å². The van der Waals surface area contributed by atoms with E-state index in [-0.39, 0.29) is 24.5 Å². The number of rotatable bonds is 7. The monoisotopic (exact) mass is 312 g/mol. The smallest absolute Gasteiger partial charge is 0.339 e. The molecule has 0 aliphatic carbocycles. The highest BCUT2D eigenvalue weighted by atomic mass is 16.5. The van der Waals surface area contributed by atoms with E-state index >= 15 is 0 Å². The molecule has 1 rings (SSSR count). The van der Waals surface area contributed by atoms with Crippen LogP contribution in [0.25, 0.3) is 0 Å². The summed E-state index contributed by atoms with van der Waals surface area (Å²) in [5.74, 6) is -0.616. The molecule has 7 heteroatoms. The van der Waals surface area contributed by atoms with Crippen LogP contribution in [0.5, 0.6) is 11.5 Å². The molecule has 0 amide bonds. The minimum Gasteiger partial charge on any atom is -0.493 e. The Labute approximate surface area is 128 Å². The maximum atomic E-state index is 11.7. The van der Waals surface area contributed by atoms with Crippen LogP contribution in [0.4, 0.5) is 0 Å². The van der Waals surface area contributed by atoms with Crippen molar-refractivity contribution in [2.75, 3.05) is 20.8 Å². The molecule has 0 bridgehead atoms. The molecule has 0 spiro atoms. The van der Waals surface area contributed by atoms with E-state index in [0.717, 1.165) is 0 Å². The molecule has 1 N–H and O–H groups in total. The van der Waals surface area contributed by atoms with Crippen LogP contribution in [-0.4, -0.2) is 37.9 Å². The van der Waals surface area contributed by atoms with Gasteiger partial charge >= 0.3 is 11.9 Å². The Morgan fingerprint density at radius 1 is 1.18 bits per heavy atom.